The van der Waals surface area contributed by atoms with Crippen LogP contribution < -0.4 is 15.5 Å². The number of carbonyl (C=O) groups excluding carboxylic acids is 2. The molecule has 8 heteroatoms. The van der Waals surface area contributed by atoms with Crippen molar-refractivity contribution in [2.24, 2.45) is 5.92 Å². The minimum absolute atomic E-state index is 0.0254. The van der Waals surface area contributed by atoms with Gasteiger partial charge in [-0.15, -0.1) is 0 Å². The van der Waals surface area contributed by atoms with Crippen molar-refractivity contribution in [1.82, 2.24) is 4.90 Å². The van der Waals surface area contributed by atoms with E-state index in [0.717, 1.165) is 50.0 Å². The average molecular weight is 587 g/mol. The minimum atomic E-state index is -0.645. The molecule has 6 rings (SSSR count). The van der Waals surface area contributed by atoms with Gasteiger partial charge in [-0.2, -0.15) is 0 Å². The molecule has 2 amide bonds. The predicted molar refractivity (Wildman–Crippen MR) is 166 cm³/mol. The fourth-order valence-electron chi connectivity index (χ4n) is 7.08. The van der Waals surface area contributed by atoms with Gasteiger partial charge in [0.2, 0.25) is 5.91 Å². The highest BCUT2D eigenvalue weighted by Gasteiger charge is 2.41. The van der Waals surface area contributed by atoms with Gasteiger partial charge in [0, 0.05) is 31.4 Å². The zero-order valence-corrected chi connectivity index (χ0v) is 24.8. The SMILES string of the molecule is Cc1cccc(F)c1C(=O)N1CCC[C@H](C(=O)Nc2cccc(N3CCCC3)c2F)[C@@H]1c1ccc(NC2CCCC2)cc1. The van der Waals surface area contributed by atoms with Crippen LogP contribution >= 0.6 is 0 Å². The van der Waals surface area contributed by atoms with Crippen LogP contribution in [-0.2, 0) is 4.79 Å². The molecule has 0 bridgehead atoms. The molecule has 2 heterocycles. The van der Waals surface area contributed by atoms with Crippen molar-refractivity contribution < 1.29 is 18.4 Å². The first-order chi connectivity index (χ1) is 20.9. The minimum Gasteiger partial charge on any atom is -0.382 e. The summed E-state index contributed by atoms with van der Waals surface area (Å²) in [6, 6.07) is 17.4. The van der Waals surface area contributed by atoms with Crippen LogP contribution in [0.15, 0.2) is 60.7 Å². The first-order valence-corrected chi connectivity index (χ1v) is 15.7. The summed E-state index contributed by atoms with van der Waals surface area (Å²) in [4.78, 5) is 31.6. The Morgan fingerprint density at radius 3 is 2.26 bits per heavy atom. The maximum Gasteiger partial charge on any atom is 0.257 e. The molecule has 6 nitrogen and oxygen atoms in total. The number of halogens is 2. The van der Waals surface area contributed by atoms with E-state index in [2.05, 4.69) is 10.6 Å². The largest absolute Gasteiger partial charge is 0.382 e. The van der Waals surface area contributed by atoms with Crippen LogP contribution in [0.3, 0.4) is 0 Å². The van der Waals surface area contributed by atoms with Gasteiger partial charge in [-0.25, -0.2) is 8.78 Å². The van der Waals surface area contributed by atoms with Crippen LogP contribution in [-0.4, -0.2) is 42.4 Å². The van der Waals surface area contributed by atoms with Crippen molar-refractivity contribution in [3.05, 3.63) is 89.0 Å². The number of hydrogen-bond donors (Lipinski definition) is 2. The Bertz CT molecular complexity index is 1440. The molecule has 2 saturated heterocycles. The van der Waals surface area contributed by atoms with Crippen molar-refractivity contribution >= 4 is 28.9 Å². The van der Waals surface area contributed by atoms with Gasteiger partial charge in [0.05, 0.1) is 28.9 Å². The molecule has 0 radical (unpaired) electrons. The predicted octanol–water partition coefficient (Wildman–Crippen LogP) is 7.46. The number of amides is 2. The summed E-state index contributed by atoms with van der Waals surface area (Å²) in [5.74, 6) is -2.45. The van der Waals surface area contributed by atoms with Gasteiger partial charge in [-0.1, -0.05) is 43.2 Å². The smallest absolute Gasteiger partial charge is 0.257 e. The zero-order valence-electron chi connectivity index (χ0n) is 24.8. The maximum atomic E-state index is 15.6. The van der Waals surface area contributed by atoms with Crippen LogP contribution in [0.4, 0.5) is 25.8 Å². The van der Waals surface area contributed by atoms with Gasteiger partial charge in [0.1, 0.15) is 5.82 Å². The van der Waals surface area contributed by atoms with E-state index >= 15 is 8.78 Å². The van der Waals surface area contributed by atoms with Crippen molar-refractivity contribution in [2.75, 3.05) is 35.2 Å². The van der Waals surface area contributed by atoms with Crippen molar-refractivity contribution in [2.45, 2.75) is 70.4 Å². The van der Waals surface area contributed by atoms with Crippen molar-refractivity contribution in [3.8, 4) is 0 Å². The normalized spacial score (nSPS) is 20.8. The van der Waals surface area contributed by atoms with Crippen LogP contribution in [0.5, 0.6) is 0 Å². The summed E-state index contributed by atoms with van der Waals surface area (Å²) in [5.41, 5.74) is 3.00. The Labute approximate surface area is 252 Å². The number of hydrogen-bond acceptors (Lipinski definition) is 4. The van der Waals surface area contributed by atoms with E-state index in [1.165, 1.54) is 18.9 Å². The average Bonchev–Trinajstić information content (AvgIpc) is 3.73. The molecular weight excluding hydrogens is 546 g/mol. The lowest BCUT2D eigenvalue weighted by Gasteiger charge is -2.41. The maximum absolute atomic E-state index is 15.6. The number of carbonyl (C=O) groups is 2. The molecule has 0 unspecified atom stereocenters. The molecule has 0 spiro atoms. The second-order valence-electron chi connectivity index (χ2n) is 12.2. The number of piperidine rings is 1. The Kier molecular flexibility index (Phi) is 8.63. The van der Waals surface area contributed by atoms with Gasteiger partial charge in [-0.3, -0.25) is 9.59 Å². The first-order valence-electron chi connectivity index (χ1n) is 15.7. The van der Waals surface area contributed by atoms with E-state index in [-0.39, 0.29) is 17.2 Å². The molecule has 0 aromatic heterocycles. The van der Waals surface area contributed by atoms with E-state index in [0.29, 0.717) is 36.7 Å². The molecule has 2 atom stereocenters. The fraction of sp³-hybridized carbons (Fsp3) is 0.429. The van der Waals surface area contributed by atoms with Gasteiger partial charge in [-0.05, 0) is 86.9 Å². The Hall–Kier alpha value is -3.94. The molecule has 3 fully saturated rings. The van der Waals surface area contributed by atoms with Crippen LogP contribution in [0.25, 0.3) is 0 Å². The molecule has 3 aromatic carbocycles. The third kappa shape index (κ3) is 6.10. The topological polar surface area (TPSA) is 64.7 Å². The lowest BCUT2D eigenvalue weighted by atomic mass is 9.83. The van der Waals surface area contributed by atoms with E-state index in [1.54, 1.807) is 42.2 Å². The van der Waals surface area contributed by atoms with Crippen LogP contribution in [0, 0.1) is 24.5 Å². The number of benzene rings is 3. The molecule has 3 aromatic rings. The highest BCUT2D eigenvalue weighted by atomic mass is 19.1. The molecule has 2 aliphatic heterocycles. The summed E-state index contributed by atoms with van der Waals surface area (Å²) in [7, 11) is 0. The van der Waals surface area contributed by atoms with Crippen LogP contribution in [0.1, 0.15) is 78.9 Å². The monoisotopic (exact) mass is 586 g/mol. The van der Waals surface area contributed by atoms with Gasteiger partial charge in [0.25, 0.3) is 5.91 Å². The summed E-state index contributed by atoms with van der Waals surface area (Å²) in [6.07, 6.45) is 7.86. The molecule has 226 valence electrons. The molecule has 3 aliphatic rings. The number of aryl methyl sites for hydroxylation is 1. The molecule has 43 heavy (non-hydrogen) atoms. The van der Waals surface area contributed by atoms with Crippen molar-refractivity contribution in [3.63, 3.8) is 0 Å². The number of nitrogens with zero attached hydrogens (tertiary/aromatic N) is 2. The molecule has 1 aliphatic carbocycles. The van der Waals surface area contributed by atoms with Crippen molar-refractivity contribution in [1.29, 1.82) is 0 Å². The summed E-state index contributed by atoms with van der Waals surface area (Å²) in [5, 5.41) is 6.45. The number of nitrogens with one attached hydrogen (secondary N) is 2. The molecule has 2 N–H and O–H groups in total. The second kappa shape index (κ2) is 12.7. The lowest BCUT2D eigenvalue weighted by molar-refractivity contribution is -0.123. The third-order valence-electron chi connectivity index (χ3n) is 9.33. The highest BCUT2D eigenvalue weighted by molar-refractivity contribution is 5.98. The first kappa shape index (κ1) is 29.1. The lowest BCUT2D eigenvalue weighted by Crippen LogP contribution is -2.46. The van der Waals surface area contributed by atoms with Gasteiger partial charge in [0.15, 0.2) is 5.82 Å². The Morgan fingerprint density at radius 1 is 0.814 bits per heavy atom. The summed E-state index contributed by atoms with van der Waals surface area (Å²) >= 11 is 0. The number of likely N-dealkylation sites (tertiary alicyclic amines) is 1. The summed E-state index contributed by atoms with van der Waals surface area (Å²) in [6.45, 7) is 3.69. The molecule has 1 saturated carbocycles. The van der Waals surface area contributed by atoms with E-state index < -0.39 is 29.5 Å². The fourth-order valence-corrected chi connectivity index (χ4v) is 7.08. The van der Waals surface area contributed by atoms with Crippen LogP contribution in [0.2, 0.25) is 0 Å². The Balaban J connectivity index is 1.31. The van der Waals surface area contributed by atoms with E-state index in [1.807, 2.05) is 29.2 Å². The Morgan fingerprint density at radius 2 is 1.53 bits per heavy atom. The third-order valence-corrected chi connectivity index (χ3v) is 9.33. The van der Waals surface area contributed by atoms with E-state index in [4.69, 9.17) is 0 Å². The van der Waals surface area contributed by atoms with Gasteiger partial charge < -0.3 is 20.4 Å². The highest BCUT2D eigenvalue weighted by Crippen LogP contribution is 2.39. The second-order valence-corrected chi connectivity index (χ2v) is 12.2. The zero-order chi connectivity index (χ0) is 29.9. The van der Waals surface area contributed by atoms with E-state index in [9.17, 15) is 9.59 Å². The quantitative estimate of drug-likeness (QED) is 0.302. The van der Waals surface area contributed by atoms with Gasteiger partial charge >= 0.3 is 0 Å². The molecular formula is C35H40F2N4O2. The summed E-state index contributed by atoms with van der Waals surface area (Å²) < 4.78 is 30.6. The standard InChI is InChI=1S/C35H40F2N4O2/c1-23-9-6-13-28(36)31(23)35(43)41-22-8-12-27(33(41)24-16-18-26(19-17-24)38-25-10-2-3-11-25)34(42)39-29-14-7-15-30(32(29)37)40-20-4-5-21-40/h6-7,9,13-19,25,27,33,38H,2-5,8,10-12,20-22H2,1H3,(H,39,42)/t27-,33-/m0/s1. The number of rotatable bonds is 7. The number of anilines is 3.